The summed E-state index contributed by atoms with van der Waals surface area (Å²) in [5.41, 5.74) is -1.15. The summed E-state index contributed by atoms with van der Waals surface area (Å²) in [6.45, 7) is 5.92. The number of nitrogens with zero attached hydrogens (tertiary/aromatic N) is 2. The molecule has 0 unspecified atom stereocenters. The molecule has 0 bridgehead atoms. The van der Waals surface area contributed by atoms with E-state index in [9.17, 15) is 18.0 Å². The topological polar surface area (TPSA) is 58.2 Å². The zero-order valence-corrected chi connectivity index (χ0v) is 12.9. The molecule has 22 heavy (non-hydrogen) atoms. The van der Waals surface area contributed by atoms with Gasteiger partial charge in [0.15, 0.2) is 5.69 Å². The Morgan fingerprint density at radius 3 is 2.73 bits per heavy atom. The third-order valence-corrected chi connectivity index (χ3v) is 3.73. The first-order valence-corrected chi connectivity index (χ1v) is 7.23. The summed E-state index contributed by atoms with van der Waals surface area (Å²) in [4.78, 5) is 13.4. The average molecular weight is 319 g/mol. The predicted octanol–water partition coefficient (Wildman–Crippen LogP) is 3.46. The number of aromatic nitrogens is 2. The van der Waals surface area contributed by atoms with Crippen molar-refractivity contribution in [3.8, 4) is 0 Å². The number of alkyl halides is 3. The van der Waals surface area contributed by atoms with E-state index in [2.05, 4.69) is 10.2 Å². The van der Waals surface area contributed by atoms with Gasteiger partial charge in [-0.2, -0.15) is 18.3 Å². The highest BCUT2D eigenvalue weighted by Gasteiger charge is 2.44. The molecule has 0 fully saturated rings. The molecule has 0 atom stereocenters. The van der Waals surface area contributed by atoms with E-state index in [0.717, 1.165) is 12.8 Å². The number of fused-ring (bicyclic) bond motifs is 1. The number of aromatic amines is 1. The van der Waals surface area contributed by atoms with E-state index in [1.165, 1.54) is 4.90 Å². The number of ether oxygens (including phenoxy) is 1. The average Bonchev–Trinajstić information content (AvgIpc) is 2.82. The molecule has 2 heterocycles. The van der Waals surface area contributed by atoms with Crippen LogP contribution in [0.15, 0.2) is 0 Å². The fraction of sp³-hybridized carbons (Fsp3) is 0.714. The van der Waals surface area contributed by atoms with E-state index in [-0.39, 0.29) is 25.3 Å². The number of carbonyl (C=O) groups is 1. The Balaban J connectivity index is 2.24. The maximum Gasteiger partial charge on any atom is 0.435 e. The van der Waals surface area contributed by atoms with Crippen LogP contribution in [-0.2, 0) is 22.9 Å². The second-order valence-corrected chi connectivity index (χ2v) is 6.13. The van der Waals surface area contributed by atoms with Crippen molar-refractivity contribution < 1.29 is 22.7 Å². The maximum atomic E-state index is 13.0. The summed E-state index contributed by atoms with van der Waals surface area (Å²) in [5.74, 6) is 0. The van der Waals surface area contributed by atoms with Gasteiger partial charge in [0.1, 0.15) is 0 Å². The summed E-state index contributed by atoms with van der Waals surface area (Å²) in [7, 11) is 0. The van der Waals surface area contributed by atoms with Crippen molar-refractivity contribution in [1.82, 2.24) is 15.1 Å². The van der Waals surface area contributed by atoms with Crippen LogP contribution in [0.3, 0.4) is 0 Å². The number of amides is 1. The van der Waals surface area contributed by atoms with Gasteiger partial charge >= 0.3 is 12.3 Å². The normalized spacial score (nSPS) is 17.3. The number of unbranched alkanes of at least 4 members (excludes halogenated alkanes) is 1. The molecule has 0 aromatic carbocycles. The predicted molar refractivity (Wildman–Crippen MR) is 73.3 cm³/mol. The number of rotatable bonds is 3. The maximum absolute atomic E-state index is 13.0. The lowest BCUT2D eigenvalue weighted by Gasteiger charge is -2.37. The summed E-state index contributed by atoms with van der Waals surface area (Å²) in [5, 5.41) is 5.89. The van der Waals surface area contributed by atoms with Gasteiger partial charge in [-0.05, 0) is 6.42 Å². The highest BCUT2D eigenvalue weighted by atomic mass is 19.4. The number of H-pyrrole nitrogens is 1. The molecule has 1 aliphatic heterocycles. The summed E-state index contributed by atoms with van der Waals surface area (Å²) >= 11 is 0. The van der Waals surface area contributed by atoms with Gasteiger partial charge in [-0.1, -0.05) is 27.2 Å². The lowest BCUT2D eigenvalue weighted by Crippen LogP contribution is -2.45. The molecular weight excluding hydrogens is 299 g/mol. The number of halogens is 3. The van der Waals surface area contributed by atoms with Gasteiger partial charge in [-0.3, -0.25) is 5.10 Å². The molecule has 0 saturated carbocycles. The second-order valence-electron chi connectivity index (χ2n) is 6.13. The smallest absolute Gasteiger partial charge is 0.435 e. The van der Waals surface area contributed by atoms with Crippen molar-refractivity contribution in [1.29, 1.82) is 0 Å². The lowest BCUT2D eigenvalue weighted by atomic mass is 9.82. The minimum atomic E-state index is -4.55. The van der Waals surface area contributed by atoms with Crippen molar-refractivity contribution in [3.05, 3.63) is 17.0 Å². The monoisotopic (exact) mass is 319 g/mol. The Morgan fingerprint density at radius 1 is 1.45 bits per heavy atom. The van der Waals surface area contributed by atoms with Crippen LogP contribution in [0.1, 0.15) is 50.6 Å². The molecule has 124 valence electrons. The fourth-order valence-electron chi connectivity index (χ4n) is 2.64. The van der Waals surface area contributed by atoms with E-state index < -0.39 is 23.4 Å². The molecule has 1 aliphatic rings. The molecule has 8 heteroatoms. The largest absolute Gasteiger partial charge is 0.449 e. The minimum absolute atomic E-state index is 0.0243. The van der Waals surface area contributed by atoms with Gasteiger partial charge in [0.2, 0.25) is 0 Å². The molecular formula is C14H20F3N3O2. The van der Waals surface area contributed by atoms with Gasteiger partial charge in [0.25, 0.3) is 0 Å². The molecule has 0 aliphatic carbocycles. The zero-order valence-electron chi connectivity index (χ0n) is 12.9. The minimum Gasteiger partial charge on any atom is -0.449 e. The Morgan fingerprint density at radius 2 is 2.14 bits per heavy atom. The van der Waals surface area contributed by atoms with Crippen LogP contribution in [0.5, 0.6) is 0 Å². The molecule has 1 amide bonds. The van der Waals surface area contributed by atoms with Gasteiger partial charge in [0, 0.05) is 23.2 Å². The van der Waals surface area contributed by atoms with Crippen LogP contribution in [0, 0.1) is 0 Å². The highest BCUT2D eigenvalue weighted by Crippen LogP contribution is 2.39. The van der Waals surface area contributed by atoms with Crippen molar-refractivity contribution in [3.63, 3.8) is 0 Å². The van der Waals surface area contributed by atoms with Crippen molar-refractivity contribution in [2.45, 2.75) is 51.7 Å². The van der Waals surface area contributed by atoms with Crippen LogP contribution < -0.4 is 0 Å². The quantitative estimate of drug-likeness (QED) is 0.868. The van der Waals surface area contributed by atoms with Gasteiger partial charge in [-0.15, -0.1) is 0 Å². The summed E-state index contributed by atoms with van der Waals surface area (Å²) in [6.07, 6.45) is -3.52. The van der Waals surface area contributed by atoms with E-state index in [0.29, 0.717) is 5.69 Å². The first-order chi connectivity index (χ1) is 10.2. The van der Waals surface area contributed by atoms with Crippen LogP contribution >= 0.6 is 0 Å². The van der Waals surface area contributed by atoms with Crippen LogP contribution in [0.4, 0.5) is 18.0 Å². The zero-order chi connectivity index (χ0) is 16.5. The van der Waals surface area contributed by atoms with Crippen molar-refractivity contribution in [2.75, 3.05) is 13.2 Å². The third-order valence-electron chi connectivity index (χ3n) is 3.73. The molecule has 0 radical (unpaired) electrons. The van der Waals surface area contributed by atoms with E-state index >= 15 is 0 Å². The van der Waals surface area contributed by atoms with Gasteiger partial charge in [0.05, 0.1) is 13.2 Å². The Hall–Kier alpha value is -1.73. The Labute approximate surface area is 126 Å². The molecule has 2 rings (SSSR count). The summed E-state index contributed by atoms with van der Waals surface area (Å²) < 4.78 is 44.2. The van der Waals surface area contributed by atoms with E-state index in [1.54, 1.807) is 13.8 Å². The van der Waals surface area contributed by atoms with Crippen LogP contribution in [0.25, 0.3) is 0 Å². The Bertz CT molecular complexity index is 539. The fourth-order valence-corrected chi connectivity index (χ4v) is 2.64. The lowest BCUT2D eigenvalue weighted by molar-refractivity contribution is -0.142. The van der Waals surface area contributed by atoms with Gasteiger partial charge < -0.3 is 9.64 Å². The molecule has 1 N–H and O–H groups in total. The van der Waals surface area contributed by atoms with Gasteiger partial charge in [-0.25, -0.2) is 4.79 Å². The number of nitrogens with one attached hydrogen (secondary N) is 1. The third kappa shape index (κ3) is 3.20. The molecule has 1 aromatic heterocycles. The SMILES string of the molecule is CCCCOC(=O)N1Cc2c(C(F)(F)F)n[nH]c2C(C)(C)C1. The van der Waals surface area contributed by atoms with E-state index in [4.69, 9.17) is 4.74 Å². The van der Waals surface area contributed by atoms with Crippen molar-refractivity contribution >= 4 is 6.09 Å². The summed E-state index contributed by atoms with van der Waals surface area (Å²) in [6, 6.07) is 0. The van der Waals surface area contributed by atoms with Crippen molar-refractivity contribution in [2.24, 2.45) is 0 Å². The first kappa shape index (κ1) is 16.6. The first-order valence-electron chi connectivity index (χ1n) is 7.23. The molecule has 0 saturated heterocycles. The van der Waals surface area contributed by atoms with E-state index in [1.807, 2.05) is 6.92 Å². The molecule has 1 aromatic rings. The molecule has 5 nitrogen and oxygen atoms in total. The second kappa shape index (κ2) is 5.81. The Kier molecular flexibility index (Phi) is 4.39. The number of carbonyl (C=O) groups excluding carboxylic acids is 1. The molecule has 0 spiro atoms. The standard InChI is InChI=1S/C14H20F3N3O2/c1-4-5-6-22-12(21)20-7-9-10(13(2,3)8-20)18-19-11(9)14(15,16)17/h4-8H2,1-3H3,(H,18,19). The van der Waals surface area contributed by atoms with Crippen LogP contribution in [0.2, 0.25) is 0 Å². The number of hydrogen-bond donors (Lipinski definition) is 1. The highest BCUT2D eigenvalue weighted by molar-refractivity contribution is 5.68. The number of hydrogen-bond acceptors (Lipinski definition) is 3. The van der Waals surface area contributed by atoms with Crippen LogP contribution in [-0.4, -0.2) is 34.3 Å².